The number of hydrogen-bond donors (Lipinski definition) is 1. The molecule has 0 saturated heterocycles. The van der Waals surface area contributed by atoms with Crippen molar-refractivity contribution < 1.29 is 18.5 Å². The van der Waals surface area contributed by atoms with Crippen molar-refractivity contribution in [1.82, 2.24) is 0 Å². The normalized spacial score (nSPS) is 16.6. The van der Waals surface area contributed by atoms with Crippen LogP contribution in [0.5, 0.6) is 0 Å². The summed E-state index contributed by atoms with van der Waals surface area (Å²) in [5, 5.41) is 0. The lowest BCUT2D eigenvalue weighted by atomic mass is 9.95. The largest absolute Gasteiger partial charge is 0.472 e. The first-order chi connectivity index (χ1) is 6.45. The third-order valence-electron chi connectivity index (χ3n) is 2.53. The molecule has 0 aliphatic heterocycles. The van der Waals surface area contributed by atoms with Crippen molar-refractivity contribution in [2.45, 2.75) is 52.6 Å². The minimum absolute atomic E-state index is 0.182. The first kappa shape index (κ1) is 14.1. The van der Waals surface area contributed by atoms with Gasteiger partial charge in [-0.25, -0.2) is 4.57 Å². The maximum atomic E-state index is 11.4. The van der Waals surface area contributed by atoms with Gasteiger partial charge in [0.2, 0.25) is 0 Å². The van der Waals surface area contributed by atoms with Crippen molar-refractivity contribution in [1.29, 1.82) is 0 Å². The van der Waals surface area contributed by atoms with Crippen LogP contribution in [0.1, 0.15) is 47.0 Å². The first-order valence-corrected chi connectivity index (χ1v) is 6.63. The van der Waals surface area contributed by atoms with E-state index in [0.717, 1.165) is 0 Å². The average molecular weight is 224 g/mol. The van der Waals surface area contributed by atoms with Gasteiger partial charge in [0.15, 0.2) is 0 Å². The van der Waals surface area contributed by atoms with E-state index in [-0.39, 0.29) is 6.61 Å². The zero-order chi connectivity index (χ0) is 11.2. The maximum absolute atomic E-state index is 11.4. The van der Waals surface area contributed by atoms with Crippen LogP contribution in [-0.2, 0) is 13.6 Å². The van der Waals surface area contributed by atoms with Gasteiger partial charge in [-0.2, -0.15) is 0 Å². The predicted octanol–water partition coefficient (Wildman–Crippen LogP) is 3.11. The minimum Gasteiger partial charge on any atom is -0.302 e. The third kappa shape index (κ3) is 4.09. The highest BCUT2D eigenvalue weighted by molar-refractivity contribution is 7.47. The fourth-order valence-corrected chi connectivity index (χ4v) is 2.63. The Hall–Kier alpha value is 0.110. The zero-order valence-corrected chi connectivity index (χ0v) is 10.3. The second kappa shape index (κ2) is 5.86. The van der Waals surface area contributed by atoms with Crippen molar-refractivity contribution in [3.63, 3.8) is 0 Å². The molecule has 0 fully saturated rings. The van der Waals surface area contributed by atoms with E-state index in [9.17, 15) is 9.46 Å². The number of rotatable bonds is 7. The molecule has 14 heavy (non-hydrogen) atoms. The highest BCUT2D eigenvalue weighted by atomic mass is 31.2. The van der Waals surface area contributed by atoms with Crippen molar-refractivity contribution in [2.75, 3.05) is 6.61 Å². The Balaban J connectivity index is 4.50. The van der Waals surface area contributed by atoms with Crippen LogP contribution in [0.2, 0.25) is 0 Å². The summed E-state index contributed by atoms with van der Waals surface area (Å²) in [7, 11) is -3.86. The van der Waals surface area contributed by atoms with E-state index < -0.39 is 13.4 Å². The van der Waals surface area contributed by atoms with Crippen LogP contribution in [-0.4, -0.2) is 17.1 Å². The maximum Gasteiger partial charge on any atom is 0.472 e. The second-order valence-corrected chi connectivity index (χ2v) is 4.60. The van der Waals surface area contributed by atoms with E-state index in [4.69, 9.17) is 4.52 Å². The number of phosphoric acid groups is 1. The Kier molecular flexibility index (Phi) is 5.91. The molecule has 0 spiro atoms. The van der Waals surface area contributed by atoms with E-state index in [2.05, 4.69) is 4.52 Å². The van der Waals surface area contributed by atoms with Crippen molar-refractivity contribution in [2.24, 2.45) is 0 Å². The fraction of sp³-hybridized carbons (Fsp3) is 1.00. The summed E-state index contributed by atoms with van der Waals surface area (Å²) < 4.78 is 21.3. The molecule has 0 aromatic heterocycles. The summed E-state index contributed by atoms with van der Waals surface area (Å²) in [6, 6.07) is 0. The highest BCUT2D eigenvalue weighted by Gasteiger charge is 2.35. The van der Waals surface area contributed by atoms with Crippen LogP contribution < -0.4 is 0 Å². The summed E-state index contributed by atoms with van der Waals surface area (Å²) in [4.78, 5) is 9.35. The van der Waals surface area contributed by atoms with Gasteiger partial charge in [0.25, 0.3) is 0 Å². The predicted molar refractivity (Wildman–Crippen MR) is 56.1 cm³/mol. The lowest BCUT2D eigenvalue weighted by Gasteiger charge is -2.31. The minimum atomic E-state index is -3.86. The highest BCUT2D eigenvalue weighted by Crippen LogP contribution is 2.49. The molecule has 5 heteroatoms. The van der Waals surface area contributed by atoms with Crippen molar-refractivity contribution in [3.8, 4) is 0 Å². The first-order valence-electron chi connectivity index (χ1n) is 5.13. The molecule has 0 rings (SSSR count). The van der Waals surface area contributed by atoms with E-state index in [1.165, 1.54) is 0 Å². The molecular weight excluding hydrogens is 203 g/mol. The lowest BCUT2D eigenvalue weighted by molar-refractivity contribution is 0.0133. The molecule has 0 radical (unpaired) electrons. The Morgan fingerprint density at radius 3 is 1.86 bits per heavy atom. The second-order valence-electron chi connectivity index (χ2n) is 3.22. The molecule has 0 aliphatic rings. The number of phosphoric ester groups is 1. The topological polar surface area (TPSA) is 55.8 Å². The molecule has 1 atom stereocenters. The molecular formula is C9H21O4P. The summed E-state index contributed by atoms with van der Waals surface area (Å²) in [6.45, 7) is 7.68. The van der Waals surface area contributed by atoms with Gasteiger partial charge in [-0.05, 0) is 26.2 Å². The zero-order valence-electron chi connectivity index (χ0n) is 9.45. The SMILES string of the molecule is CCOP(=O)(O)OC(CC)(CC)CC. The van der Waals surface area contributed by atoms with Gasteiger partial charge in [0, 0.05) is 0 Å². The van der Waals surface area contributed by atoms with Crippen molar-refractivity contribution >= 4 is 7.82 Å². The molecule has 86 valence electrons. The van der Waals surface area contributed by atoms with Gasteiger partial charge >= 0.3 is 7.82 Å². The smallest absolute Gasteiger partial charge is 0.302 e. The van der Waals surface area contributed by atoms with Crippen LogP contribution in [0.15, 0.2) is 0 Å². The van der Waals surface area contributed by atoms with Crippen LogP contribution >= 0.6 is 7.82 Å². The average Bonchev–Trinajstić information content (AvgIpc) is 2.14. The van der Waals surface area contributed by atoms with Gasteiger partial charge in [0.05, 0.1) is 12.2 Å². The molecule has 4 nitrogen and oxygen atoms in total. The summed E-state index contributed by atoms with van der Waals surface area (Å²) >= 11 is 0. The van der Waals surface area contributed by atoms with Gasteiger partial charge in [0.1, 0.15) is 0 Å². The summed E-state index contributed by atoms with van der Waals surface area (Å²) in [5.74, 6) is 0. The van der Waals surface area contributed by atoms with Gasteiger partial charge < -0.3 is 4.89 Å². The Morgan fingerprint density at radius 1 is 1.14 bits per heavy atom. The molecule has 0 saturated carbocycles. The molecule has 0 aromatic carbocycles. The number of hydrogen-bond acceptors (Lipinski definition) is 3. The van der Waals surface area contributed by atoms with Crippen LogP contribution in [0.3, 0.4) is 0 Å². The van der Waals surface area contributed by atoms with Crippen molar-refractivity contribution in [3.05, 3.63) is 0 Å². The van der Waals surface area contributed by atoms with E-state index in [1.54, 1.807) is 6.92 Å². The Labute approximate surface area is 86.2 Å². The van der Waals surface area contributed by atoms with Crippen LogP contribution in [0.4, 0.5) is 0 Å². The standard InChI is InChI=1S/C9H21O4P/c1-5-9(6-2,7-3)13-14(10,11)12-8-4/h5-8H2,1-4H3,(H,10,11). The molecule has 0 amide bonds. The molecule has 1 N–H and O–H groups in total. The summed E-state index contributed by atoms with van der Waals surface area (Å²) in [5.41, 5.74) is -0.528. The molecule has 1 unspecified atom stereocenters. The third-order valence-corrected chi connectivity index (χ3v) is 3.74. The fourth-order valence-electron chi connectivity index (χ4n) is 1.38. The van der Waals surface area contributed by atoms with E-state index >= 15 is 0 Å². The van der Waals surface area contributed by atoms with Crippen LogP contribution in [0, 0.1) is 0 Å². The Bertz CT molecular complexity index is 193. The quantitative estimate of drug-likeness (QED) is 0.675. The van der Waals surface area contributed by atoms with E-state index in [1.807, 2.05) is 20.8 Å². The molecule has 0 bridgehead atoms. The Morgan fingerprint density at radius 2 is 1.57 bits per heavy atom. The van der Waals surface area contributed by atoms with Crippen LogP contribution in [0.25, 0.3) is 0 Å². The van der Waals surface area contributed by atoms with Gasteiger partial charge in [-0.15, -0.1) is 0 Å². The van der Waals surface area contributed by atoms with E-state index in [0.29, 0.717) is 19.3 Å². The molecule has 0 heterocycles. The molecule has 0 aromatic rings. The summed E-state index contributed by atoms with van der Waals surface area (Å²) in [6.07, 6.45) is 2.12. The molecule has 0 aliphatic carbocycles. The van der Waals surface area contributed by atoms with Gasteiger partial charge in [-0.3, -0.25) is 9.05 Å². The monoisotopic (exact) mass is 224 g/mol. The van der Waals surface area contributed by atoms with Gasteiger partial charge in [-0.1, -0.05) is 20.8 Å². The lowest BCUT2D eigenvalue weighted by Crippen LogP contribution is -2.29.